The molecule has 0 aromatic carbocycles. The van der Waals surface area contributed by atoms with Gasteiger partial charge < -0.3 is 9.47 Å². The summed E-state index contributed by atoms with van der Waals surface area (Å²) in [4.78, 5) is 16.8. The van der Waals surface area contributed by atoms with E-state index in [4.69, 9.17) is 9.97 Å². The Labute approximate surface area is 165 Å². The molecular formula is C21H29N7. The predicted octanol–water partition coefficient (Wildman–Crippen LogP) is 3.54. The summed E-state index contributed by atoms with van der Waals surface area (Å²) in [7, 11) is 2.19. The summed E-state index contributed by atoms with van der Waals surface area (Å²) in [5.74, 6) is 2.18. The van der Waals surface area contributed by atoms with Crippen molar-refractivity contribution in [1.82, 2.24) is 29.3 Å². The molecule has 1 saturated heterocycles. The van der Waals surface area contributed by atoms with Crippen molar-refractivity contribution >= 4 is 16.9 Å². The highest BCUT2D eigenvalue weighted by molar-refractivity contribution is 5.87. The van der Waals surface area contributed by atoms with Gasteiger partial charge in [-0.1, -0.05) is 0 Å². The largest absolute Gasteiger partial charge is 0.346 e. The van der Waals surface area contributed by atoms with Crippen molar-refractivity contribution in [2.24, 2.45) is 7.05 Å². The average Bonchev–Trinajstić information content (AvgIpc) is 3.37. The molecule has 1 fully saturated rings. The summed E-state index contributed by atoms with van der Waals surface area (Å²) in [6.45, 7) is 7.45. The van der Waals surface area contributed by atoms with Crippen LogP contribution in [0.5, 0.6) is 0 Å². The number of hydrogen-bond acceptors (Lipinski definition) is 5. The first-order chi connectivity index (χ1) is 13.4. The lowest BCUT2D eigenvalue weighted by Gasteiger charge is -2.26. The molecule has 0 amide bonds. The quantitative estimate of drug-likeness (QED) is 0.681. The summed E-state index contributed by atoms with van der Waals surface area (Å²) in [6, 6.07) is 0.270. The van der Waals surface area contributed by atoms with E-state index in [1.165, 1.54) is 30.1 Å². The van der Waals surface area contributed by atoms with E-state index in [-0.39, 0.29) is 11.6 Å². The SMILES string of the molecule is Cn1c(C2CCCN2c2ncnc3c2cnn3C(C)(C)C)nc2c1CCCC2. The smallest absolute Gasteiger partial charge is 0.163 e. The predicted molar refractivity (Wildman–Crippen MR) is 109 cm³/mol. The summed E-state index contributed by atoms with van der Waals surface area (Å²) in [5.41, 5.74) is 3.53. The highest BCUT2D eigenvalue weighted by Crippen LogP contribution is 2.39. The molecule has 1 aliphatic heterocycles. The fourth-order valence-corrected chi connectivity index (χ4v) is 4.84. The lowest BCUT2D eigenvalue weighted by molar-refractivity contribution is 0.366. The molecule has 28 heavy (non-hydrogen) atoms. The molecule has 5 rings (SSSR count). The van der Waals surface area contributed by atoms with Gasteiger partial charge in [0.25, 0.3) is 0 Å². The van der Waals surface area contributed by atoms with E-state index in [1.54, 1.807) is 6.33 Å². The summed E-state index contributed by atoms with van der Waals surface area (Å²) in [6.07, 6.45) is 10.7. The number of imidazole rings is 1. The molecule has 0 N–H and O–H groups in total. The fraction of sp³-hybridized carbons (Fsp3) is 0.619. The van der Waals surface area contributed by atoms with Crippen LogP contribution in [-0.2, 0) is 25.4 Å². The maximum atomic E-state index is 5.09. The number of aryl methyl sites for hydroxylation is 1. The zero-order valence-electron chi connectivity index (χ0n) is 17.3. The first kappa shape index (κ1) is 17.6. The molecule has 0 saturated carbocycles. The molecular weight excluding hydrogens is 350 g/mol. The first-order valence-electron chi connectivity index (χ1n) is 10.5. The van der Waals surface area contributed by atoms with E-state index in [0.717, 1.165) is 49.1 Å². The third kappa shape index (κ3) is 2.63. The van der Waals surface area contributed by atoms with Gasteiger partial charge in [-0.3, -0.25) is 0 Å². The number of nitrogens with zero attached hydrogens (tertiary/aromatic N) is 7. The molecule has 3 aromatic rings. The Bertz CT molecular complexity index is 1020. The van der Waals surface area contributed by atoms with Crippen molar-refractivity contribution in [2.75, 3.05) is 11.4 Å². The molecule has 0 bridgehead atoms. The minimum Gasteiger partial charge on any atom is -0.346 e. The molecule has 7 heteroatoms. The molecule has 0 radical (unpaired) electrons. The minimum atomic E-state index is -0.115. The zero-order valence-corrected chi connectivity index (χ0v) is 17.3. The highest BCUT2D eigenvalue weighted by Gasteiger charge is 2.34. The second kappa shape index (κ2) is 6.29. The van der Waals surface area contributed by atoms with Crippen molar-refractivity contribution in [3.05, 3.63) is 29.7 Å². The molecule has 1 unspecified atom stereocenters. The van der Waals surface area contributed by atoms with Crippen molar-refractivity contribution in [3.8, 4) is 0 Å². The van der Waals surface area contributed by atoms with Gasteiger partial charge in [-0.2, -0.15) is 5.10 Å². The van der Waals surface area contributed by atoms with Crippen LogP contribution in [0.1, 0.15) is 69.7 Å². The van der Waals surface area contributed by atoms with Crippen molar-refractivity contribution < 1.29 is 0 Å². The fourth-order valence-electron chi connectivity index (χ4n) is 4.84. The Hall–Kier alpha value is -2.44. The van der Waals surface area contributed by atoms with Gasteiger partial charge in [0.2, 0.25) is 0 Å². The summed E-state index contributed by atoms with van der Waals surface area (Å²) < 4.78 is 4.35. The van der Waals surface area contributed by atoms with Crippen molar-refractivity contribution in [2.45, 2.75) is 70.9 Å². The zero-order chi connectivity index (χ0) is 19.5. The number of fused-ring (bicyclic) bond motifs is 2. The van der Waals surface area contributed by atoms with Crippen LogP contribution >= 0.6 is 0 Å². The minimum absolute atomic E-state index is 0.115. The van der Waals surface area contributed by atoms with Gasteiger partial charge in [-0.25, -0.2) is 19.6 Å². The Morgan fingerprint density at radius 1 is 1.07 bits per heavy atom. The van der Waals surface area contributed by atoms with Crippen LogP contribution in [0.4, 0.5) is 5.82 Å². The van der Waals surface area contributed by atoms with E-state index < -0.39 is 0 Å². The highest BCUT2D eigenvalue weighted by atomic mass is 15.3. The third-order valence-electron chi connectivity index (χ3n) is 6.21. The van der Waals surface area contributed by atoms with Gasteiger partial charge in [0.05, 0.1) is 28.9 Å². The Balaban J connectivity index is 1.58. The second-order valence-electron chi connectivity index (χ2n) is 9.14. The van der Waals surface area contributed by atoms with E-state index >= 15 is 0 Å². The molecule has 1 aliphatic carbocycles. The van der Waals surface area contributed by atoms with Gasteiger partial charge in [0.15, 0.2) is 5.65 Å². The van der Waals surface area contributed by atoms with Crippen molar-refractivity contribution in [1.29, 1.82) is 0 Å². The van der Waals surface area contributed by atoms with Crippen LogP contribution in [0.2, 0.25) is 0 Å². The van der Waals surface area contributed by atoms with E-state index in [9.17, 15) is 0 Å². The summed E-state index contributed by atoms with van der Waals surface area (Å²) in [5, 5.41) is 5.66. The van der Waals surface area contributed by atoms with Gasteiger partial charge in [-0.15, -0.1) is 0 Å². The standard InChI is InChI=1S/C21H29N7/c1-21(2,3)28-19-14(12-24-28)18(22-13-23-19)27-11-7-10-17(27)20-25-15-8-5-6-9-16(15)26(20)4/h12-13,17H,5-11H2,1-4H3. The maximum absolute atomic E-state index is 5.09. The maximum Gasteiger partial charge on any atom is 0.163 e. The Morgan fingerprint density at radius 3 is 2.68 bits per heavy atom. The lowest BCUT2D eigenvalue weighted by Crippen LogP contribution is -2.26. The van der Waals surface area contributed by atoms with E-state index in [1.807, 2.05) is 10.9 Å². The van der Waals surface area contributed by atoms with Crippen LogP contribution in [0.25, 0.3) is 11.0 Å². The van der Waals surface area contributed by atoms with Crippen LogP contribution < -0.4 is 4.90 Å². The monoisotopic (exact) mass is 379 g/mol. The normalized spacial score (nSPS) is 20.1. The molecule has 148 valence electrons. The lowest BCUT2D eigenvalue weighted by atomic mass is 10.0. The number of anilines is 1. The summed E-state index contributed by atoms with van der Waals surface area (Å²) >= 11 is 0. The van der Waals surface area contributed by atoms with Gasteiger partial charge in [-0.05, 0) is 59.3 Å². The van der Waals surface area contributed by atoms with Gasteiger partial charge in [0, 0.05) is 19.3 Å². The second-order valence-corrected chi connectivity index (χ2v) is 9.14. The van der Waals surface area contributed by atoms with E-state index in [0.29, 0.717) is 0 Å². The van der Waals surface area contributed by atoms with Crippen LogP contribution in [0, 0.1) is 0 Å². The molecule has 3 aromatic heterocycles. The van der Waals surface area contributed by atoms with E-state index in [2.05, 4.69) is 47.4 Å². The number of aromatic nitrogens is 6. The average molecular weight is 380 g/mol. The van der Waals surface area contributed by atoms with Gasteiger partial charge in [0.1, 0.15) is 18.0 Å². The molecule has 7 nitrogen and oxygen atoms in total. The number of hydrogen-bond donors (Lipinski definition) is 0. The van der Waals surface area contributed by atoms with Crippen LogP contribution in [0.3, 0.4) is 0 Å². The third-order valence-corrected chi connectivity index (χ3v) is 6.21. The molecule has 4 heterocycles. The Morgan fingerprint density at radius 2 is 1.89 bits per heavy atom. The Kier molecular flexibility index (Phi) is 3.96. The molecule has 1 atom stereocenters. The topological polar surface area (TPSA) is 64.7 Å². The first-order valence-corrected chi connectivity index (χ1v) is 10.5. The van der Waals surface area contributed by atoms with Gasteiger partial charge >= 0.3 is 0 Å². The van der Waals surface area contributed by atoms with Crippen LogP contribution in [0.15, 0.2) is 12.5 Å². The van der Waals surface area contributed by atoms with Crippen molar-refractivity contribution in [3.63, 3.8) is 0 Å². The number of rotatable bonds is 2. The van der Waals surface area contributed by atoms with Crippen LogP contribution in [-0.4, -0.2) is 35.8 Å². The molecule has 2 aliphatic rings. The molecule has 0 spiro atoms.